The molecule has 1 heterocycles. The molecule has 4 heteroatoms. The van der Waals surface area contributed by atoms with E-state index in [2.05, 4.69) is 29.3 Å². The van der Waals surface area contributed by atoms with Crippen molar-refractivity contribution in [3.63, 3.8) is 0 Å². The van der Waals surface area contributed by atoms with Gasteiger partial charge in [0.1, 0.15) is 6.61 Å². The zero-order valence-corrected chi connectivity index (χ0v) is 10.6. The third-order valence-electron chi connectivity index (χ3n) is 2.85. The molecule has 1 N–H and O–H groups in total. The summed E-state index contributed by atoms with van der Waals surface area (Å²) in [7, 11) is 0. The molecule has 0 saturated heterocycles. The molecule has 0 atom stereocenters. The molecule has 2 rings (SSSR count). The van der Waals surface area contributed by atoms with E-state index < -0.39 is 0 Å². The summed E-state index contributed by atoms with van der Waals surface area (Å²) in [5, 5.41) is 16.6. The van der Waals surface area contributed by atoms with Crippen molar-refractivity contribution in [2.45, 2.75) is 39.2 Å². The average molecular weight is 246 g/mol. The third-order valence-corrected chi connectivity index (χ3v) is 2.85. The highest BCUT2D eigenvalue weighted by Crippen LogP contribution is 2.20. The van der Waals surface area contributed by atoms with Crippen LogP contribution in [0.3, 0.4) is 0 Å². The number of aliphatic hydroxyl groups is 1. The first-order chi connectivity index (χ1) is 8.83. The third kappa shape index (κ3) is 3.17. The van der Waals surface area contributed by atoms with Crippen molar-refractivity contribution < 1.29 is 9.52 Å². The Morgan fingerprint density at radius 1 is 1.22 bits per heavy atom. The quantitative estimate of drug-likeness (QED) is 0.796. The van der Waals surface area contributed by atoms with E-state index in [0.717, 1.165) is 12.0 Å². The lowest BCUT2D eigenvalue weighted by Crippen LogP contribution is -1.87. The number of unbranched alkanes of at least 4 members (excludes halogenated alkanes) is 2. The van der Waals surface area contributed by atoms with E-state index in [1.165, 1.54) is 24.8 Å². The molecular formula is C14H18N2O2. The highest BCUT2D eigenvalue weighted by atomic mass is 16.4. The SMILES string of the molecule is CCCCCc1cccc(-c2nnc(CO)o2)c1. The standard InChI is InChI=1S/C14H18N2O2/c1-2-3-4-6-11-7-5-8-12(9-11)14-16-15-13(10-17)18-14/h5,7-9,17H,2-4,6,10H2,1H3. The van der Waals surface area contributed by atoms with Crippen LogP contribution < -0.4 is 0 Å². The molecule has 1 aromatic heterocycles. The lowest BCUT2D eigenvalue weighted by molar-refractivity contribution is 0.241. The summed E-state index contributed by atoms with van der Waals surface area (Å²) < 4.78 is 5.33. The van der Waals surface area contributed by atoms with Crippen molar-refractivity contribution in [1.29, 1.82) is 0 Å². The topological polar surface area (TPSA) is 59.2 Å². The molecule has 0 spiro atoms. The van der Waals surface area contributed by atoms with Crippen LogP contribution in [0, 0.1) is 0 Å². The van der Waals surface area contributed by atoms with Crippen molar-refractivity contribution in [1.82, 2.24) is 10.2 Å². The van der Waals surface area contributed by atoms with Gasteiger partial charge in [-0.1, -0.05) is 31.9 Å². The largest absolute Gasteiger partial charge is 0.418 e. The van der Waals surface area contributed by atoms with E-state index in [4.69, 9.17) is 9.52 Å². The summed E-state index contributed by atoms with van der Waals surface area (Å²) in [5.41, 5.74) is 2.20. The van der Waals surface area contributed by atoms with E-state index in [1.54, 1.807) is 0 Å². The van der Waals surface area contributed by atoms with Gasteiger partial charge in [-0.15, -0.1) is 10.2 Å². The molecule has 0 aliphatic rings. The molecule has 0 unspecified atom stereocenters. The normalized spacial score (nSPS) is 10.8. The number of nitrogens with zero attached hydrogens (tertiary/aromatic N) is 2. The van der Waals surface area contributed by atoms with Crippen LogP contribution in [0.1, 0.15) is 37.6 Å². The summed E-state index contributed by atoms with van der Waals surface area (Å²) >= 11 is 0. The van der Waals surface area contributed by atoms with Gasteiger partial charge in [-0.05, 0) is 30.5 Å². The monoisotopic (exact) mass is 246 g/mol. The van der Waals surface area contributed by atoms with E-state index in [9.17, 15) is 0 Å². The molecule has 0 saturated carbocycles. The van der Waals surface area contributed by atoms with Crippen LogP contribution in [0.2, 0.25) is 0 Å². The zero-order valence-electron chi connectivity index (χ0n) is 10.6. The molecule has 4 nitrogen and oxygen atoms in total. The smallest absolute Gasteiger partial charge is 0.247 e. The molecule has 0 amide bonds. The predicted octanol–water partition coefficient (Wildman–Crippen LogP) is 2.96. The Hall–Kier alpha value is -1.68. The zero-order chi connectivity index (χ0) is 12.8. The number of hydrogen-bond acceptors (Lipinski definition) is 4. The number of benzene rings is 1. The van der Waals surface area contributed by atoms with Crippen LogP contribution in [0.25, 0.3) is 11.5 Å². The second-order valence-electron chi connectivity index (χ2n) is 4.32. The van der Waals surface area contributed by atoms with Crippen LogP contribution in [-0.4, -0.2) is 15.3 Å². The van der Waals surface area contributed by atoms with Gasteiger partial charge in [0.25, 0.3) is 0 Å². The maximum Gasteiger partial charge on any atom is 0.247 e. The average Bonchev–Trinajstić information content (AvgIpc) is 2.88. The maximum absolute atomic E-state index is 8.90. The van der Waals surface area contributed by atoms with Gasteiger partial charge in [-0.25, -0.2) is 0 Å². The predicted molar refractivity (Wildman–Crippen MR) is 68.9 cm³/mol. The maximum atomic E-state index is 8.90. The van der Waals surface area contributed by atoms with Crippen LogP contribution in [0.5, 0.6) is 0 Å². The summed E-state index contributed by atoms with van der Waals surface area (Å²) in [6, 6.07) is 8.13. The fraction of sp³-hybridized carbons (Fsp3) is 0.429. The first kappa shape index (κ1) is 12.8. The second-order valence-corrected chi connectivity index (χ2v) is 4.32. The van der Waals surface area contributed by atoms with Crippen LogP contribution >= 0.6 is 0 Å². The number of aromatic nitrogens is 2. The lowest BCUT2D eigenvalue weighted by atomic mass is 10.0. The Kier molecular flexibility index (Phi) is 4.47. The number of hydrogen-bond donors (Lipinski definition) is 1. The summed E-state index contributed by atoms with van der Waals surface area (Å²) in [4.78, 5) is 0. The minimum Gasteiger partial charge on any atom is -0.418 e. The van der Waals surface area contributed by atoms with Gasteiger partial charge in [0.2, 0.25) is 11.8 Å². The number of aliphatic hydroxyl groups excluding tert-OH is 1. The van der Waals surface area contributed by atoms with Crippen molar-refractivity contribution >= 4 is 0 Å². The highest BCUT2D eigenvalue weighted by molar-refractivity contribution is 5.53. The molecule has 0 aliphatic carbocycles. The van der Waals surface area contributed by atoms with Crippen molar-refractivity contribution in [2.75, 3.05) is 0 Å². The van der Waals surface area contributed by atoms with E-state index in [-0.39, 0.29) is 12.5 Å². The minimum absolute atomic E-state index is 0.219. The van der Waals surface area contributed by atoms with Gasteiger partial charge in [-0.3, -0.25) is 0 Å². The van der Waals surface area contributed by atoms with Gasteiger partial charge in [0.15, 0.2) is 0 Å². The fourth-order valence-corrected chi connectivity index (χ4v) is 1.87. The summed E-state index contributed by atoms with van der Waals surface area (Å²) in [6.07, 6.45) is 4.75. The molecule has 0 bridgehead atoms. The molecule has 18 heavy (non-hydrogen) atoms. The molecule has 2 aromatic rings. The molecule has 0 aliphatic heterocycles. The Morgan fingerprint density at radius 2 is 2.11 bits per heavy atom. The van der Waals surface area contributed by atoms with Crippen molar-refractivity contribution in [3.8, 4) is 11.5 Å². The lowest BCUT2D eigenvalue weighted by Gasteiger charge is -2.02. The Morgan fingerprint density at radius 3 is 2.83 bits per heavy atom. The first-order valence-electron chi connectivity index (χ1n) is 6.36. The molecule has 0 radical (unpaired) electrons. The molecular weight excluding hydrogens is 228 g/mol. The molecule has 0 fully saturated rings. The van der Waals surface area contributed by atoms with Gasteiger partial charge in [0, 0.05) is 5.56 Å². The number of rotatable bonds is 6. The molecule has 96 valence electrons. The van der Waals surface area contributed by atoms with Gasteiger partial charge in [-0.2, -0.15) is 0 Å². The van der Waals surface area contributed by atoms with Gasteiger partial charge in [0.05, 0.1) is 0 Å². The van der Waals surface area contributed by atoms with E-state index in [0.29, 0.717) is 5.89 Å². The van der Waals surface area contributed by atoms with Crippen LogP contribution in [0.15, 0.2) is 28.7 Å². The highest BCUT2D eigenvalue weighted by Gasteiger charge is 2.07. The number of aryl methyl sites for hydroxylation is 1. The Bertz CT molecular complexity index is 494. The van der Waals surface area contributed by atoms with E-state index in [1.807, 2.05) is 12.1 Å². The Balaban J connectivity index is 2.11. The Labute approximate surface area is 107 Å². The van der Waals surface area contributed by atoms with E-state index >= 15 is 0 Å². The van der Waals surface area contributed by atoms with Crippen LogP contribution in [-0.2, 0) is 13.0 Å². The van der Waals surface area contributed by atoms with Crippen molar-refractivity contribution in [3.05, 3.63) is 35.7 Å². The van der Waals surface area contributed by atoms with Crippen LogP contribution in [0.4, 0.5) is 0 Å². The summed E-state index contributed by atoms with van der Waals surface area (Å²) in [5.74, 6) is 0.720. The minimum atomic E-state index is -0.219. The summed E-state index contributed by atoms with van der Waals surface area (Å²) in [6.45, 7) is 1.98. The fourth-order valence-electron chi connectivity index (χ4n) is 1.87. The molecule has 1 aromatic carbocycles. The van der Waals surface area contributed by atoms with Crippen molar-refractivity contribution in [2.24, 2.45) is 0 Å². The van der Waals surface area contributed by atoms with Gasteiger partial charge >= 0.3 is 0 Å². The second kappa shape index (κ2) is 6.31. The van der Waals surface area contributed by atoms with Gasteiger partial charge < -0.3 is 9.52 Å². The first-order valence-corrected chi connectivity index (χ1v) is 6.36.